The van der Waals surface area contributed by atoms with Gasteiger partial charge in [-0.2, -0.15) is 4.37 Å². The van der Waals surface area contributed by atoms with Crippen molar-refractivity contribution in [3.8, 4) is 11.1 Å². The van der Waals surface area contributed by atoms with E-state index in [-0.39, 0.29) is 0 Å². The van der Waals surface area contributed by atoms with E-state index in [1.807, 2.05) is 12.1 Å². The Morgan fingerprint density at radius 1 is 1.32 bits per heavy atom. The van der Waals surface area contributed by atoms with Crippen LogP contribution in [-0.2, 0) is 0 Å². The molecule has 0 saturated heterocycles. The molecule has 2 N–H and O–H groups in total. The summed E-state index contributed by atoms with van der Waals surface area (Å²) in [4.78, 5) is 6.42. The van der Waals surface area contributed by atoms with E-state index in [2.05, 4.69) is 35.0 Å². The van der Waals surface area contributed by atoms with E-state index >= 15 is 0 Å². The Bertz CT molecular complexity index is 523. The first-order valence-electron chi connectivity index (χ1n) is 6.61. The SMILES string of the molecule is CCC(C)N(CC)c1snc(N)c1-c1ccncc1. The second-order valence-electron chi connectivity index (χ2n) is 4.53. The van der Waals surface area contributed by atoms with Crippen molar-refractivity contribution in [3.05, 3.63) is 24.5 Å². The van der Waals surface area contributed by atoms with Crippen LogP contribution in [0, 0.1) is 0 Å². The van der Waals surface area contributed by atoms with Gasteiger partial charge in [0.1, 0.15) is 10.8 Å². The number of rotatable bonds is 5. The highest BCUT2D eigenvalue weighted by atomic mass is 32.1. The van der Waals surface area contributed by atoms with Crippen molar-refractivity contribution >= 4 is 22.4 Å². The molecule has 1 unspecified atom stereocenters. The molecule has 2 aromatic heterocycles. The Kier molecular flexibility index (Phi) is 4.37. The molecule has 0 saturated carbocycles. The van der Waals surface area contributed by atoms with Crippen LogP contribution in [0.25, 0.3) is 11.1 Å². The lowest BCUT2D eigenvalue weighted by Crippen LogP contribution is -2.31. The molecule has 102 valence electrons. The minimum Gasteiger partial charge on any atom is -0.382 e. The molecule has 4 nitrogen and oxygen atoms in total. The van der Waals surface area contributed by atoms with Gasteiger partial charge in [-0.15, -0.1) is 0 Å². The number of nitrogens with zero attached hydrogens (tertiary/aromatic N) is 3. The van der Waals surface area contributed by atoms with E-state index in [1.165, 1.54) is 11.5 Å². The molecule has 0 radical (unpaired) electrons. The highest BCUT2D eigenvalue weighted by Gasteiger charge is 2.21. The standard InChI is InChI=1S/C14H20N4S/c1-4-10(3)18(5-2)14-12(13(15)17-19-14)11-6-8-16-9-7-11/h6-10H,4-5H2,1-3H3,(H2,15,17). The minimum absolute atomic E-state index is 0.477. The van der Waals surface area contributed by atoms with Gasteiger partial charge in [0.05, 0.1) is 5.56 Å². The van der Waals surface area contributed by atoms with Crippen molar-refractivity contribution in [1.82, 2.24) is 9.36 Å². The summed E-state index contributed by atoms with van der Waals surface area (Å²) in [7, 11) is 0. The Hall–Kier alpha value is -1.62. The van der Waals surface area contributed by atoms with Crippen molar-refractivity contribution in [2.45, 2.75) is 33.2 Å². The number of anilines is 2. The molecule has 0 bridgehead atoms. The summed E-state index contributed by atoms with van der Waals surface area (Å²) in [6.45, 7) is 7.55. The van der Waals surface area contributed by atoms with E-state index in [0.717, 1.165) is 29.1 Å². The zero-order valence-electron chi connectivity index (χ0n) is 11.6. The van der Waals surface area contributed by atoms with Crippen LogP contribution in [0.15, 0.2) is 24.5 Å². The van der Waals surface area contributed by atoms with E-state index in [0.29, 0.717) is 11.9 Å². The first-order chi connectivity index (χ1) is 9.19. The molecule has 0 amide bonds. The predicted octanol–water partition coefficient (Wildman–Crippen LogP) is 3.41. The smallest absolute Gasteiger partial charge is 0.147 e. The Balaban J connectivity index is 2.48. The van der Waals surface area contributed by atoms with Crippen LogP contribution in [0.5, 0.6) is 0 Å². The van der Waals surface area contributed by atoms with Gasteiger partial charge in [0.15, 0.2) is 0 Å². The monoisotopic (exact) mass is 276 g/mol. The average molecular weight is 276 g/mol. The summed E-state index contributed by atoms with van der Waals surface area (Å²) in [5.74, 6) is 0.605. The van der Waals surface area contributed by atoms with Gasteiger partial charge in [0.25, 0.3) is 0 Å². The Morgan fingerprint density at radius 2 is 2.00 bits per heavy atom. The van der Waals surface area contributed by atoms with E-state index < -0.39 is 0 Å². The highest BCUT2D eigenvalue weighted by Crippen LogP contribution is 2.39. The molecule has 19 heavy (non-hydrogen) atoms. The zero-order chi connectivity index (χ0) is 13.8. The molecule has 2 rings (SSSR count). The summed E-state index contributed by atoms with van der Waals surface area (Å²) in [5.41, 5.74) is 8.18. The molecule has 1 atom stereocenters. The molecule has 0 spiro atoms. The third-order valence-corrected chi connectivity index (χ3v) is 4.29. The van der Waals surface area contributed by atoms with E-state index in [4.69, 9.17) is 5.73 Å². The third-order valence-electron chi connectivity index (χ3n) is 3.39. The molecule has 5 heteroatoms. The maximum atomic E-state index is 6.06. The zero-order valence-corrected chi connectivity index (χ0v) is 12.4. The van der Waals surface area contributed by atoms with Crippen LogP contribution in [0.1, 0.15) is 27.2 Å². The van der Waals surface area contributed by atoms with Gasteiger partial charge < -0.3 is 10.6 Å². The van der Waals surface area contributed by atoms with Gasteiger partial charge in [-0.3, -0.25) is 4.98 Å². The number of pyridine rings is 1. The number of hydrogen-bond donors (Lipinski definition) is 1. The number of aromatic nitrogens is 2. The van der Waals surface area contributed by atoms with Crippen molar-refractivity contribution in [1.29, 1.82) is 0 Å². The van der Waals surface area contributed by atoms with Crippen LogP contribution in [-0.4, -0.2) is 21.9 Å². The molecule has 0 aliphatic rings. The van der Waals surface area contributed by atoms with Gasteiger partial charge in [-0.05, 0) is 49.5 Å². The van der Waals surface area contributed by atoms with Crippen molar-refractivity contribution in [3.63, 3.8) is 0 Å². The van der Waals surface area contributed by atoms with Crippen molar-refractivity contribution in [2.24, 2.45) is 0 Å². The molecular weight excluding hydrogens is 256 g/mol. The average Bonchev–Trinajstić information content (AvgIpc) is 2.82. The van der Waals surface area contributed by atoms with Crippen LogP contribution < -0.4 is 10.6 Å². The fourth-order valence-corrected chi connectivity index (χ4v) is 3.16. The first-order valence-corrected chi connectivity index (χ1v) is 7.38. The topological polar surface area (TPSA) is 55.0 Å². The number of hydrogen-bond acceptors (Lipinski definition) is 5. The van der Waals surface area contributed by atoms with E-state index in [1.54, 1.807) is 12.4 Å². The molecule has 0 aliphatic heterocycles. The summed E-state index contributed by atoms with van der Waals surface area (Å²) in [6.07, 6.45) is 4.67. The van der Waals surface area contributed by atoms with Gasteiger partial charge in [-0.25, -0.2) is 0 Å². The summed E-state index contributed by atoms with van der Waals surface area (Å²) >= 11 is 1.48. The summed E-state index contributed by atoms with van der Waals surface area (Å²) in [6, 6.07) is 4.44. The second kappa shape index (κ2) is 6.02. The molecule has 0 fully saturated rings. The molecule has 0 aliphatic carbocycles. The molecule has 2 aromatic rings. The number of nitrogen functional groups attached to an aromatic ring is 1. The second-order valence-corrected chi connectivity index (χ2v) is 5.28. The van der Waals surface area contributed by atoms with Gasteiger partial charge in [0, 0.05) is 25.0 Å². The quantitative estimate of drug-likeness (QED) is 0.909. The maximum Gasteiger partial charge on any atom is 0.147 e. The summed E-state index contributed by atoms with van der Waals surface area (Å²) in [5, 5.41) is 1.15. The fraction of sp³-hybridized carbons (Fsp3) is 0.429. The van der Waals surface area contributed by atoms with Crippen molar-refractivity contribution < 1.29 is 0 Å². The van der Waals surface area contributed by atoms with Crippen LogP contribution in [0.2, 0.25) is 0 Å². The van der Waals surface area contributed by atoms with Gasteiger partial charge >= 0.3 is 0 Å². The lowest BCUT2D eigenvalue weighted by Gasteiger charge is -2.28. The predicted molar refractivity (Wildman–Crippen MR) is 82.5 cm³/mol. The highest BCUT2D eigenvalue weighted by molar-refractivity contribution is 7.11. The fourth-order valence-electron chi connectivity index (χ4n) is 2.16. The summed E-state index contributed by atoms with van der Waals surface area (Å²) < 4.78 is 4.34. The van der Waals surface area contributed by atoms with Crippen molar-refractivity contribution in [2.75, 3.05) is 17.2 Å². The first kappa shape index (κ1) is 13.8. The lowest BCUT2D eigenvalue weighted by atomic mass is 10.1. The third kappa shape index (κ3) is 2.71. The molecule has 2 heterocycles. The van der Waals surface area contributed by atoms with E-state index in [9.17, 15) is 0 Å². The Morgan fingerprint density at radius 3 is 2.58 bits per heavy atom. The molecular formula is C14H20N4S. The van der Waals surface area contributed by atoms with Crippen LogP contribution >= 0.6 is 11.5 Å². The maximum absolute atomic E-state index is 6.06. The van der Waals surface area contributed by atoms with Crippen LogP contribution in [0.3, 0.4) is 0 Å². The lowest BCUT2D eigenvalue weighted by molar-refractivity contribution is 0.634. The minimum atomic E-state index is 0.477. The van der Waals surface area contributed by atoms with Crippen LogP contribution in [0.4, 0.5) is 10.8 Å². The largest absolute Gasteiger partial charge is 0.382 e. The number of nitrogens with two attached hydrogens (primary N) is 1. The molecule has 0 aromatic carbocycles. The van der Waals surface area contributed by atoms with Gasteiger partial charge in [-0.1, -0.05) is 6.92 Å². The van der Waals surface area contributed by atoms with Gasteiger partial charge in [0.2, 0.25) is 0 Å². The Labute approximate surface area is 118 Å². The normalized spacial score (nSPS) is 12.4.